The Bertz CT molecular complexity index is 1010. The first-order valence-electron chi connectivity index (χ1n) is 10.2. The molecule has 2 heterocycles. The number of aliphatic hydroxyl groups is 2. The molecule has 174 valence electrons. The van der Waals surface area contributed by atoms with Gasteiger partial charge in [-0.05, 0) is 44.9 Å². The molecule has 7 nitrogen and oxygen atoms in total. The fraction of sp³-hybridized carbons (Fsp3) is 0.478. The summed E-state index contributed by atoms with van der Waals surface area (Å²) in [5.74, 6) is -3.77. The van der Waals surface area contributed by atoms with Gasteiger partial charge in [0.1, 0.15) is 11.7 Å². The second-order valence-corrected chi connectivity index (χ2v) is 8.79. The number of amides is 1. The first-order chi connectivity index (χ1) is 14.9. The van der Waals surface area contributed by atoms with E-state index in [9.17, 15) is 23.8 Å². The van der Waals surface area contributed by atoms with Gasteiger partial charge < -0.3 is 25.0 Å². The average Bonchev–Trinajstić information content (AvgIpc) is 2.99. The van der Waals surface area contributed by atoms with Crippen LogP contribution in [-0.4, -0.2) is 46.5 Å². The van der Waals surface area contributed by atoms with Crippen LogP contribution in [-0.2, 0) is 15.1 Å². The molecule has 0 bridgehead atoms. The Morgan fingerprint density at radius 1 is 1.34 bits per heavy atom. The Hall–Kier alpha value is -2.62. The number of ether oxygens (including phenoxy) is 2. The topological polar surface area (TPSA) is 101 Å². The lowest BCUT2D eigenvalue weighted by atomic mass is 9.78. The maximum atomic E-state index is 14.4. The third-order valence-corrected chi connectivity index (χ3v) is 6.18. The zero-order valence-electron chi connectivity index (χ0n) is 18.6. The molecule has 32 heavy (non-hydrogen) atoms. The lowest BCUT2D eigenvalue weighted by Crippen LogP contribution is -2.33. The van der Waals surface area contributed by atoms with Crippen LogP contribution in [0.4, 0.5) is 14.5 Å². The second-order valence-electron chi connectivity index (χ2n) is 8.79. The van der Waals surface area contributed by atoms with Crippen LogP contribution in [0, 0.1) is 17.6 Å². The van der Waals surface area contributed by atoms with Gasteiger partial charge in [0, 0.05) is 23.4 Å². The van der Waals surface area contributed by atoms with Crippen LogP contribution in [0.5, 0.6) is 5.75 Å². The van der Waals surface area contributed by atoms with E-state index in [1.54, 1.807) is 0 Å². The molecular weight excluding hydrogens is 422 g/mol. The van der Waals surface area contributed by atoms with Gasteiger partial charge in [-0.1, -0.05) is 13.0 Å². The van der Waals surface area contributed by atoms with Crippen LogP contribution >= 0.6 is 0 Å². The molecule has 1 fully saturated rings. The van der Waals surface area contributed by atoms with E-state index in [0.29, 0.717) is 11.3 Å². The standard InChI is InChI=1S/C23H28F2N2O5/c1-12-17(14-6-7-15(24)18(25)19(14)31-5)20(32-22(12,2)3)21(29)27-13-8-9-26-16(10-13)23(4,30)11-28/h6-10,12,17,20,28,30H,11H2,1-5H3,(H,26,27,29)/t12-,17-,20+,23+/m0/s1. The maximum absolute atomic E-state index is 14.4. The van der Waals surface area contributed by atoms with Gasteiger partial charge in [-0.25, -0.2) is 4.39 Å². The van der Waals surface area contributed by atoms with Gasteiger partial charge in [-0.15, -0.1) is 0 Å². The predicted molar refractivity (Wildman–Crippen MR) is 113 cm³/mol. The van der Waals surface area contributed by atoms with Crippen molar-refractivity contribution >= 4 is 11.6 Å². The molecule has 1 aromatic heterocycles. The highest BCUT2D eigenvalue weighted by molar-refractivity contribution is 5.95. The Kier molecular flexibility index (Phi) is 6.55. The molecule has 1 saturated heterocycles. The number of rotatable bonds is 6. The number of pyridine rings is 1. The van der Waals surface area contributed by atoms with Gasteiger partial charge in [0.25, 0.3) is 5.91 Å². The van der Waals surface area contributed by atoms with E-state index in [-0.39, 0.29) is 17.4 Å². The van der Waals surface area contributed by atoms with Crippen molar-refractivity contribution in [1.82, 2.24) is 4.98 Å². The largest absolute Gasteiger partial charge is 0.493 e. The molecule has 2 aromatic rings. The minimum absolute atomic E-state index is 0.178. The van der Waals surface area contributed by atoms with Gasteiger partial charge in [0.15, 0.2) is 11.6 Å². The normalized spacial score (nSPS) is 24.1. The lowest BCUT2D eigenvalue weighted by molar-refractivity contribution is -0.131. The van der Waals surface area contributed by atoms with Crippen molar-refractivity contribution in [2.24, 2.45) is 5.92 Å². The van der Waals surface area contributed by atoms with Gasteiger partial charge >= 0.3 is 0 Å². The summed E-state index contributed by atoms with van der Waals surface area (Å²) in [5, 5.41) is 22.3. The number of aromatic nitrogens is 1. The van der Waals surface area contributed by atoms with Crippen molar-refractivity contribution in [1.29, 1.82) is 0 Å². The highest BCUT2D eigenvalue weighted by Crippen LogP contribution is 2.49. The molecule has 0 aliphatic carbocycles. The molecule has 0 unspecified atom stereocenters. The Morgan fingerprint density at radius 3 is 2.66 bits per heavy atom. The highest BCUT2D eigenvalue weighted by atomic mass is 19.2. The molecule has 1 aliphatic rings. The number of benzene rings is 1. The quantitative estimate of drug-likeness (QED) is 0.625. The van der Waals surface area contributed by atoms with E-state index in [0.717, 1.165) is 6.07 Å². The summed E-state index contributed by atoms with van der Waals surface area (Å²) in [6.45, 7) is 6.38. The number of carbonyl (C=O) groups is 1. The molecule has 1 amide bonds. The zero-order chi connectivity index (χ0) is 23.8. The first kappa shape index (κ1) is 24.0. The van der Waals surface area contributed by atoms with E-state index in [1.807, 2.05) is 20.8 Å². The summed E-state index contributed by atoms with van der Waals surface area (Å²) < 4.78 is 39.4. The summed E-state index contributed by atoms with van der Waals surface area (Å²) in [6, 6.07) is 5.40. The molecule has 1 aliphatic heterocycles. The molecule has 9 heteroatoms. The third-order valence-electron chi connectivity index (χ3n) is 6.18. The van der Waals surface area contributed by atoms with Gasteiger partial charge in [-0.3, -0.25) is 9.78 Å². The minimum Gasteiger partial charge on any atom is -0.493 e. The number of nitrogens with zero attached hydrogens (tertiary/aromatic N) is 1. The van der Waals surface area contributed by atoms with E-state index in [4.69, 9.17) is 9.47 Å². The number of nitrogens with one attached hydrogen (secondary N) is 1. The molecule has 3 N–H and O–H groups in total. The SMILES string of the molecule is COc1c([C@H]2[C@H](C(=O)Nc3ccnc([C@](C)(O)CO)c3)OC(C)(C)[C@H]2C)ccc(F)c1F. The number of carbonyl (C=O) groups excluding carboxylic acids is 1. The van der Waals surface area contributed by atoms with Crippen molar-refractivity contribution in [3.63, 3.8) is 0 Å². The smallest absolute Gasteiger partial charge is 0.254 e. The molecule has 3 rings (SSSR count). The fourth-order valence-electron chi connectivity index (χ4n) is 3.97. The minimum atomic E-state index is -1.58. The molecule has 0 radical (unpaired) electrons. The number of anilines is 1. The summed E-state index contributed by atoms with van der Waals surface area (Å²) in [7, 11) is 1.24. The lowest BCUT2D eigenvalue weighted by Gasteiger charge is -2.26. The van der Waals surface area contributed by atoms with E-state index >= 15 is 0 Å². The van der Waals surface area contributed by atoms with Crippen molar-refractivity contribution in [2.75, 3.05) is 19.0 Å². The summed E-state index contributed by atoms with van der Waals surface area (Å²) in [6.07, 6.45) is 0.376. The first-order valence-corrected chi connectivity index (χ1v) is 10.2. The number of hydrogen-bond acceptors (Lipinski definition) is 6. The van der Waals surface area contributed by atoms with Crippen LogP contribution in [0.15, 0.2) is 30.5 Å². The summed E-state index contributed by atoms with van der Waals surface area (Å²) >= 11 is 0. The van der Waals surface area contributed by atoms with Crippen LogP contribution in [0.2, 0.25) is 0 Å². The Morgan fingerprint density at radius 2 is 2.03 bits per heavy atom. The molecule has 0 saturated carbocycles. The van der Waals surface area contributed by atoms with Crippen molar-refractivity contribution in [2.45, 2.75) is 50.9 Å². The summed E-state index contributed by atoms with van der Waals surface area (Å²) in [4.78, 5) is 17.3. The average molecular weight is 450 g/mol. The van der Waals surface area contributed by atoms with Crippen LogP contribution < -0.4 is 10.1 Å². The summed E-state index contributed by atoms with van der Waals surface area (Å²) in [5.41, 5.74) is -1.46. The van der Waals surface area contributed by atoms with Gasteiger partial charge in [0.2, 0.25) is 5.82 Å². The predicted octanol–water partition coefficient (Wildman–Crippen LogP) is 3.10. The number of methoxy groups -OCH3 is 1. The van der Waals surface area contributed by atoms with Gasteiger partial charge in [0.05, 0.1) is 25.0 Å². The van der Waals surface area contributed by atoms with E-state index < -0.39 is 47.4 Å². The van der Waals surface area contributed by atoms with E-state index in [2.05, 4.69) is 10.3 Å². The van der Waals surface area contributed by atoms with Crippen LogP contribution in [0.1, 0.15) is 44.9 Å². The molecule has 1 aromatic carbocycles. The monoisotopic (exact) mass is 450 g/mol. The second kappa shape index (κ2) is 8.73. The van der Waals surface area contributed by atoms with Gasteiger partial charge in [-0.2, -0.15) is 4.39 Å². The van der Waals surface area contributed by atoms with Crippen LogP contribution in [0.3, 0.4) is 0 Å². The third kappa shape index (κ3) is 4.32. The molecule has 0 spiro atoms. The fourth-order valence-corrected chi connectivity index (χ4v) is 3.97. The van der Waals surface area contributed by atoms with E-state index in [1.165, 1.54) is 38.4 Å². The Labute approximate surface area is 185 Å². The number of hydrogen-bond donors (Lipinski definition) is 3. The zero-order valence-corrected chi connectivity index (χ0v) is 18.6. The highest BCUT2D eigenvalue weighted by Gasteiger charge is 2.51. The van der Waals surface area contributed by atoms with Crippen LogP contribution in [0.25, 0.3) is 0 Å². The Balaban J connectivity index is 1.97. The maximum Gasteiger partial charge on any atom is 0.254 e. The van der Waals surface area contributed by atoms with Crippen molar-refractivity contribution in [3.05, 3.63) is 53.4 Å². The van der Waals surface area contributed by atoms with Crippen molar-refractivity contribution < 1.29 is 33.3 Å². The number of aliphatic hydroxyl groups excluding tert-OH is 1. The molecule has 4 atom stereocenters. The molecular formula is C23H28F2N2O5. The number of halogens is 2. The van der Waals surface area contributed by atoms with Crippen molar-refractivity contribution in [3.8, 4) is 5.75 Å².